The number of ketones is 2. The van der Waals surface area contributed by atoms with Crippen LogP contribution in [0.2, 0.25) is 0 Å². The molecule has 0 amide bonds. The number of carbonyl (C=O) groups is 2. The molecule has 1 aliphatic carbocycles. The molecule has 5 nitrogen and oxygen atoms in total. The number of hydrogen-bond acceptors (Lipinski definition) is 5. The number of halogens is 3. The molecular formula is C18H19F3O5S. The highest BCUT2D eigenvalue weighted by Crippen LogP contribution is 2.30. The molecule has 0 spiro atoms. The number of aliphatic hydroxyl groups excluding tert-OH is 1. The first-order valence-electron chi connectivity index (χ1n) is 8.13. The predicted octanol–water partition coefficient (Wildman–Crippen LogP) is 3.40. The van der Waals surface area contributed by atoms with Gasteiger partial charge in [-0.15, -0.1) is 0 Å². The SMILES string of the molecule is Cc1c(C(O)=C2C(=O)CCCC2=O)ccc(S(C)=O)c1COCC(F)(F)F. The van der Waals surface area contributed by atoms with E-state index in [1.165, 1.54) is 25.3 Å². The van der Waals surface area contributed by atoms with Crippen LogP contribution in [0.5, 0.6) is 0 Å². The van der Waals surface area contributed by atoms with E-state index in [0.29, 0.717) is 12.0 Å². The third-order valence-corrected chi connectivity index (χ3v) is 5.24. The summed E-state index contributed by atoms with van der Waals surface area (Å²) < 4.78 is 53.6. The zero-order valence-electron chi connectivity index (χ0n) is 14.8. The summed E-state index contributed by atoms with van der Waals surface area (Å²) in [6.45, 7) is -0.443. The molecule has 1 N–H and O–H groups in total. The van der Waals surface area contributed by atoms with Crippen molar-refractivity contribution in [3.63, 3.8) is 0 Å². The lowest BCUT2D eigenvalue weighted by Gasteiger charge is -2.18. The van der Waals surface area contributed by atoms with Gasteiger partial charge in [0.05, 0.1) is 17.4 Å². The molecule has 0 radical (unpaired) electrons. The van der Waals surface area contributed by atoms with E-state index in [1.54, 1.807) is 0 Å². The van der Waals surface area contributed by atoms with Gasteiger partial charge >= 0.3 is 6.18 Å². The molecule has 9 heteroatoms. The molecule has 1 atom stereocenters. The van der Waals surface area contributed by atoms with Gasteiger partial charge in [0.25, 0.3) is 0 Å². The Bertz CT molecular complexity index is 809. The van der Waals surface area contributed by atoms with Crippen molar-refractivity contribution < 1.29 is 36.8 Å². The van der Waals surface area contributed by atoms with Crippen molar-refractivity contribution in [2.75, 3.05) is 12.9 Å². The minimum absolute atomic E-state index is 0.133. The molecular weight excluding hydrogens is 385 g/mol. The molecule has 0 bridgehead atoms. The molecule has 0 aliphatic heterocycles. The van der Waals surface area contributed by atoms with Crippen molar-refractivity contribution in [2.24, 2.45) is 0 Å². The average Bonchev–Trinajstić information content (AvgIpc) is 2.54. The monoisotopic (exact) mass is 404 g/mol. The van der Waals surface area contributed by atoms with E-state index in [1.807, 2.05) is 0 Å². The van der Waals surface area contributed by atoms with Gasteiger partial charge in [-0.1, -0.05) is 0 Å². The number of rotatable bonds is 5. The standard InChI is InChI=1S/C18H19F3O5S/c1-10-11(17(24)16-13(22)4-3-5-14(16)23)6-7-15(27(2)25)12(10)8-26-9-18(19,20)21/h6-7,24H,3-5,8-9H2,1-2H3. The Morgan fingerprint density at radius 3 is 2.33 bits per heavy atom. The summed E-state index contributed by atoms with van der Waals surface area (Å²) in [5, 5.41) is 10.5. The van der Waals surface area contributed by atoms with Crippen LogP contribution in [0.3, 0.4) is 0 Å². The molecule has 148 valence electrons. The van der Waals surface area contributed by atoms with E-state index >= 15 is 0 Å². The van der Waals surface area contributed by atoms with Crippen LogP contribution in [0.1, 0.15) is 36.0 Å². The largest absolute Gasteiger partial charge is 0.506 e. The maximum Gasteiger partial charge on any atom is 0.411 e. The van der Waals surface area contributed by atoms with Gasteiger partial charge in [-0.3, -0.25) is 13.8 Å². The normalized spacial score (nSPS) is 16.6. The molecule has 2 rings (SSSR count). The molecule has 0 heterocycles. The van der Waals surface area contributed by atoms with E-state index in [-0.39, 0.29) is 34.4 Å². The summed E-state index contributed by atoms with van der Waals surface area (Å²) >= 11 is 0. The Kier molecular flexibility index (Phi) is 6.59. The fourth-order valence-electron chi connectivity index (χ4n) is 2.92. The molecule has 0 saturated heterocycles. The highest BCUT2D eigenvalue weighted by Gasteiger charge is 2.30. The molecule has 1 aromatic rings. The molecule has 0 aromatic heterocycles. The second kappa shape index (κ2) is 8.35. The van der Waals surface area contributed by atoms with Gasteiger partial charge in [-0.2, -0.15) is 13.2 Å². The van der Waals surface area contributed by atoms with Gasteiger partial charge in [-0.05, 0) is 36.6 Å². The number of Topliss-reactive ketones (excluding diaryl/α,β-unsaturated/α-hetero) is 2. The summed E-state index contributed by atoms with van der Waals surface area (Å²) in [4.78, 5) is 24.3. The van der Waals surface area contributed by atoms with E-state index in [4.69, 9.17) is 0 Å². The molecule has 1 saturated carbocycles. The van der Waals surface area contributed by atoms with Gasteiger partial charge in [-0.25, -0.2) is 0 Å². The van der Waals surface area contributed by atoms with Crippen molar-refractivity contribution in [1.29, 1.82) is 0 Å². The summed E-state index contributed by atoms with van der Waals surface area (Å²) in [6, 6.07) is 2.79. The molecule has 1 aliphatic rings. The van der Waals surface area contributed by atoms with E-state index in [0.717, 1.165) is 0 Å². The second-order valence-corrected chi connectivity index (χ2v) is 7.55. The molecule has 1 aromatic carbocycles. The van der Waals surface area contributed by atoms with Crippen molar-refractivity contribution in [2.45, 2.75) is 43.9 Å². The van der Waals surface area contributed by atoms with Crippen molar-refractivity contribution in [3.05, 3.63) is 34.4 Å². The summed E-state index contributed by atoms with van der Waals surface area (Å²) in [7, 11) is -1.51. The van der Waals surface area contributed by atoms with Gasteiger partial charge in [0.1, 0.15) is 17.9 Å². The number of hydrogen-bond donors (Lipinski definition) is 1. The Morgan fingerprint density at radius 1 is 1.22 bits per heavy atom. The van der Waals surface area contributed by atoms with Crippen LogP contribution < -0.4 is 0 Å². The van der Waals surface area contributed by atoms with Crippen molar-refractivity contribution in [3.8, 4) is 0 Å². The lowest BCUT2D eigenvalue weighted by molar-refractivity contribution is -0.176. The van der Waals surface area contributed by atoms with E-state index in [2.05, 4.69) is 4.74 Å². The topological polar surface area (TPSA) is 80.7 Å². The molecule has 1 fully saturated rings. The Morgan fingerprint density at radius 2 is 1.81 bits per heavy atom. The summed E-state index contributed by atoms with van der Waals surface area (Å²) in [5.41, 5.74) is 0.367. The number of allylic oxidation sites excluding steroid dienone is 1. The first-order chi connectivity index (χ1) is 12.5. The second-order valence-electron chi connectivity index (χ2n) is 6.20. The minimum atomic E-state index is -4.51. The summed E-state index contributed by atoms with van der Waals surface area (Å²) in [5.74, 6) is -1.45. The molecule has 27 heavy (non-hydrogen) atoms. The first kappa shape index (κ1) is 21.3. The quantitative estimate of drug-likeness (QED) is 0.462. The van der Waals surface area contributed by atoms with E-state index in [9.17, 15) is 32.1 Å². The van der Waals surface area contributed by atoms with Crippen molar-refractivity contribution in [1.82, 2.24) is 0 Å². The fourth-order valence-corrected chi connectivity index (χ4v) is 3.74. The number of benzene rings is 1. The van der Waals surface area contributed by atoms with Crippen LogP contribution in [-0.4, -0.2) is 39.9 Å². The maximum absolute atomic E-state index is 12.3. The van der Waals surface area contributed by atoms with Crippen LogP contribution in [0.15, 0.2) is 22.6 Å². The highest BCUT2D eigenvalue weighted by molar-refractivity contribution is 7.84. The molecule has 1 unspecified atom stereocenters. The summed E-state index contributed by atoms with van der Waals surface area (Å²) in [6.07, 6.45) is -2.44. The first-order valence-corrected chi connectivity index (χ1v) is 9.69. The van der Waals surface area contributed by atoms with Gasteiger partial charge in [0.2, 0.25) is 0 Å². The predicted molar refractivity (Wildman–Crippen MR) is 92.6 cm³/mol. The van der Waals surface area contributed by atoms with Crippen LogP contribution >= 0.6 is 0 Å². The smallest absolute Gasteiger partial charge is 0.411 e. The maximum atomic E-state index is 12.3. The number of carbonyl (C=O) groups excluding carboxylic acids is 2. The zero-order chi connectivity index (χ0) is 20.4. The van der Waals surface area contributed by atoms with Crippen LogP contribution in [0.25, 0.3) is 5.76 Å². The fraction of sp³-hybridized carbons (Fsp3) is 0.444. The lowest BCUT2D eigenvalue weighted by atomic mass is 9.88. The lowest BCUT2D eigenvalue weighted by Crippen LogP contribution is -2.21. The van der Waals surface area contributed by atoms with Crippen LogP contribution in [0.4, 0.5) is 13.2 Å². The van der Waals surface area contributed by atoms with Crippen LogP contribution in [-0.2, 0) is 31.7 Å². The van der Waals surface area contributed by atoms with E-state index < -0.39 is 47.5 Å². The van der Waals surface area contributed by atoms with Gasteiger partial charge in [0, 0.05) is 29.6 Å². The zero-order valence-corrected chi connectivity index (χ0v) is 15.6. The van der Waals surface area contributed by atoms with Crippen molar-refractivity contribution >= 4 is 28.1 Å². The minimum Gasteiger partial charge on any atom is -0.506 e. The Hall–Kier alpha value is -2.00. The number of alkyl halides is 3. The highest BCUT2D eigenvalue weighted by atomic mass is 32.2. The van der Waals surface area contributed by atoms with Gasteiger partial charge in [0.15, 0.2) is 11.6 Å². The number of ether oxygens (including phenoxy) is 1. The average molecular weight is 404 g/mol. The third kappa shape index (κ3) is 5.04. The number of aliphatic hydroxyl groups is 1. The van der Waals surface area contributed by atoms with Gasteiger partial charge < -0.3 is 9.84 Å². The van der Waals surface area contributed by atoms with Crippen LogP contribution in [0, 0.1) is 6.92 Å². The Balaban J connectivity index is 2.49. The Labute approximate surface area is 156 Å². The third-order valence-electron chi connectivity index (χ3n) is 4.23.